The van der Waals surface area contributed by atoms with Crippen molar-refractivity contribution in [3.63, 3.8) is 0 Å². The quantitative estimate of drug-likeness (QED) is 0.766. The van der Waals surface area contributed by atoms with Crippen molar-refractivity contribution in [3.05, 3.63) is 51.1 Å². The summed E-state index contributed by atoms with van der Waals surface area (Å²) >= 11 is 0. The van der Waals surface area contributed by atoms with Crippen molar-refractivity contribution < 1.29 is 4.79 Å². The first kappa shape index (κ1) is 15.9. The second-order valence-corrected chi connectivity index (χ2v) is 5.72. The standard InChI is InChI=1S/C15H18N6O3/c1-20-9-11(13(23)19-15(20)24)12(22)18-10-4-2-7-21(8-10)14-16-5-3-6-17-14/h3,5-6,9-10H,2,4,7-8H2,1H3,(H,18,22)(H,19,23,24). The second-order valence-electron chi connectivity index (χ2n) is 5.72. The molecule has 1 saturated heterocycles. The maximum absolute atomic E-state index is 12.3. The van der Waals surface area contributed by atoms with E-state index in [-0.39, 0.29) is 11.6 Å². The zero-order valence-electron chi connectivity index (χ0n) is 13.2. The smallest absolute Gasteiger partial charge is 0.328 e. The fourth-order valence-corrected chi connectivity index (χ4v) is 2.72. The van der Waals surface area contributed by atoms with Gasteiger partial charge in [0.25, 0.3) is 11.5 Å². The predicted molar refractivity (Wildman–Crippen MR) is 87.0 cm³/mol. The molecule has 0 aromatic carbocycles. The number of H-pyrrole nitrogens is 1. The highest BCUT2D eigenvalue weighted by Gasteiger charge is 2.24. The van der Waals surface area contributed by atoms with Gasteiger partial charge in [0, 0.05) is 44.8 Å². The first-order chi connectivity index (χ1) is 11.5. The zero-order chi connectivity index (χ0) is 17.1. The van der Waals surface area contributed by atoms with Crippen LogP contribution < -0.4 is 21.5 Å². The minimum Gasteiger partial charge on any atom is -0.347 e. The van der Waals surface area contributed by atoms with Gasteiger partial charge in [0.1, 0.15) is 5.56 Å². The lowest BCUT2D eigenvalue weighted by Crippen LogP contribution is -2.49. The van der Waals surface area contributed by atoms with E-state index in [1.165, 1.54) is 17.8 Å². The molecule has 9 heteroatoms. The largest absolute Gasteiger partial charge is 0.347 e. The highest BCUT2D eigenvalue weighted by Crippen LogP contribution is 2.15. The number of piperidine rings is 1. The maximum Gasteiger partial charge on any atom is 0.328 e. The molecule has 0 spiro atoms. The molecule has 0 radical (unpaired) electrons. The minimum absolute atomic E-state index is 0.0785. The third kappa shape index (κ3) is 3.34. The van der Waals surface area contributed by atoms with Gasteiger partial charge < -0.3 is 14.8 Å². The number of aromatic nitrogens is 4. The van der Waals surface area contributed by atoms with E-state index in [4.69, 9.17) is 0 Å². The van der Waals surface area contributed by atoms with E-state index >= 15 is 0 Å². The lowest BCUT2D eigenvalue weighted by Gasteiger charge is -2.33. The number of hydrogen-bond donors (Lipinski definition) is 2. The van der Waals surface area contributed by atoms with Crippen LogP contribution in [0.3, 0.4) is 0 Å². The lowest BCUT2D eigenvalue weighted by molar-refractivity contribution is 0.0930. The predicted octanol–water partition coefficient (Wildman–Crippen LogP) is -0.738. The molecule has 2 aromatic rings. The van der Waals surface area contributed by atoms with E-state index in [0.717, 1.165) is 19.4 Å². The first-order valence-corrected chi connectivity index (χ1v) is 7.67. The molecule has 0 aliphatic carbocycles. The summed E-state index contributed by atoms with van der Waals surface area (Å²) in [7, 11) is 1.48. The number of carbonyl (C=O) groups excluding carboxylic acids is 1. The van der Waals surface area contributed by atoms with Crippen LogP contribution in [0.1, 0.15) is 23.2 Å². The minimum atomic E-state index is -0.686. The molecule has 3 heterocycles. The number of hydrogen-bond acceptors (Lipinski definition) is 6. The summed E-state index contributed by atoms with van der Waals surface area (Å²) in [5.74, 6) is 0.129. The van der Waals surface area contributed by atoms with Crippen LogP contribution >= 0.6 is 0 Å². The Morgan fingerprint density at radius 3 is 2.83 bits per heavy atom. The third-order valence-corrected chi connectivity index (χ3v) is 3.94. The Morgan fingerprint density at radius 1 is 1.33 bits per heavy atom. The second kappa shape index (κ2) is 6.65. The van der Waals surface area contributed by atoms with Crippen molar-refractivity contribution >= 4 is 11.9 Å². The SMILES string of the molecule is Cn1cc(C(=O)NC2CCCN(c3ncccn3)C2)c(=O)[nH]c1=O. The van der Waals surface area contributed by atoms with Gasteiger partial charge in [-0.2, -0.15) is 0 Å². The number of aryl methyl sites for hydroxylation is 1. The van der Waals surface area contributed by atoms with Gasteiger partial charge in [-0.25, -0.2) is 14.8 Å². The number of aromatic amines is 1. The monoisotopic (exact) mass is 330 g/mol. The van der Waals surface area contributed by atoms with E-state index in [2.05, 4.69) is 20.3 Å². The van der Waals surface area contributed by atoms with Gasteiger partial charge in [-0.1, -0.05) is 0 Å². The fourth-order valence-electron chi connectivity index (χ4n) is 2.72. The highest BCUT2D eigenvalue weighted by atomic mass is 16.2. The molecule has 1 unspecified atom stereocenters. The summed E-state index contributed by atoms with van der Waals surface area (Å²) in [5.41, 5.74) is -1.32. The molecule has 1 amide bonds. The van der Waals surface area contributed by atoms with E-state index in [1.807, 2.05) is 4.90 Å². The molecule has 1 fully saturated rings. The summed E-state index contributed by atoms with van der Waals surface area (Å²) in [6, 6.07) is 1.63. The van der Waals surface area contributed by atoms with Gasteiger partial charge >= 0.3 is 5.69 Å². The van der Waals surface area contributed by atoms with Gasteiger partial charge in [0.05, 0.1) is 0 Å². The normalized spacial score (nSPS) is 17.5. The average Bonchev–Trinajstić information content (AvgIpc) is 2.59. The highest BCUT2D eigenvalue weighted by molar-refractivity contribution is 5.93. The molecule has 0 bridgehead atoms. The van der Waals surface area contributed by atoms with Gasteiger partial charge in [-0.3, -0.25) is 14.6 Å². The Balaban J connectivity index is 1.72. The first-order valence-electron chi connectivity index (χ1n) is 7.67. The number of nitrogens with one attached hydrogen (secondary N) is 2. The number of amides is 1. The van der Waals surface area contributed by atoms with Gasteiger partial charge in [0.15, 0.2) is 0 Å². The Morgan fingerprint density at radius 2 is 2.08 bits per heavy atom. The molecule has 2 N–H and O–H groups in total. The van der Waals surface area contributed by atoms with Crippen molar-refractivity contribution in [1.82, 2.24) is 24.8 Å². The average molecular weight is 330 g/mol. The van der Waals surface area contributed by atoms with E-state index in [0.29, 0.717) is 12.5 Å². The van der Waals surface area contributed by atoms with Crippen LogP contribution in [-0.2, 0) is 7.05 Å². The van der Waals surface area contributed by atoms with Crippen LogP contribution in [0.25, 0.3) is 0 Å². The van der Waals surface area contributed by atoms with Gasteiger partial charge in [0.2, 0.25) is 5.95 Å². The lowest BCUT2D eigenvalue weighted by atomic mass is 10.1. The summed E-state index contributed by atoms with van der Waals surface area (Å²) in [6.45, 7) is 1.39. The zero-order valence-corrected chi connectivity index (χ0v) is 13.2. The number of carbonyl (C=O) groups is 1. The molecule has 3 rings (SSSR count). The van der Waals surface area contributed by atoms with Crippen LogP contribution in [0.2, 0.25) is 0 Å². The maximum atomic E-state index is 12.3. The molecular formula is C15H18N6O3. The summed E-state index contributed by atoms with van der Waals surface area (Å²) < 4.78 is 1.17. The van der Waals surface area contributed by atoms with E-state index in [1.54, 1.807) is 18.5 Å². The van der Waals surface area contributed by atoms with Crippen LogP contribution in [0, 0.1) is 0 Å². The summed E-state index contributed by atoms with van der Waals surface area (Å²) in [4.78, 5) is 48.1. The van der Waals surface area contributed by atoms with Crippen LogP contribution in [-0.4, -0.2) is 44.6 Å². The summed E-state index contributed by atoms with van der Waals surface area (Å²) in [6.07, 6.45) is 6.28. The number of nitrogens with zero attached hydrogens (tertiary/aromatic N) is 4. The van der Waals surface area contributed by atoms with Crippen molar-refractivity contribution in [2.45, 2.75) is 18.9 Å². The van der Waals surface area contributed by atoms with Crippen molar-refractivity contribution in [3.8, 4) is 0 Å². The Kier molecular flexibility index (Phi) is 4.41. The van der Waals surface area contributed by atoms with Crippen LogP contribution in [0.4, 0.5) is 5.95 Å². The molecule has 1 aliphatic heterocycles. The molecule has 2 aromatic heterocycles. The molecule has 1 atom stereocenters. The molecule has 126 valence electrons. The van der Waals surface area contributed by atoms with E-state index < -0.39 is 17.2 Å². The molecular weight excluding hydrogens is 312 g/mol. The topological polar surface area (TPSA) is 113 Å². The van der Waals surface area contributed by atoms with Crippen molar-refractivity contribution in [1.29, 1.82) is 0 Å². The number of rotatable bonds is 3. The Hall–Kier alpha value is -2.97. The molecule has 24 heavy (non-hydrogen) atoms. The molecule has 1 aliphatic rings. The Labute approximate surface area is 137 Å². The van der Waals surface area contributed by atoms with Gasteiger partial charge in [-0.05, 0) is 18.9 Å². The fraction of sp³-hybridized carbons (Fsp3) is 0.400. The van der Waals surface area contributed by atoms with Crippen LogP contribution in [0.15, 0.2) is 34.2 Å². The molecule has 9 nitrogen and oxygen atoms in total. The number of anilines is 1. The van der Waals surface area contributed by atoms with Crippen molar-refractivity contribution in [2.75, 3.05) is 18.0 Å². The van der Waals surface area contributed by atoms with E-state index in [9.17, 15) is 14.4 Å². The van der Waals surface area contributed by atoms with Crippen molar-refractivity contribution in [2.24, 2.45) is 7.05 Å². The summed E-state index contributed by atoms with van der Waals surface area (Å²) in [5, 5.41) is 2.85. The third-order valence-electron chi connectivity index (χ3n) is 3.94. The Bertz CT molecular complexity index is 844. The van der Waals surface area contributed by atoms with Crippen LogP contribution in [0.5, 0.6) is 0 Å². The van der Waals surface area contributed by atoms with Gasteiger partial charge in [-0.15, -0.1) is 0 Å². The molecule has 0 saturated carbocycles.